The molecule has 1 amide bonds. The van der Waals surface area contributed by atoms with E-state index in [1.54, 1.807) is 30.3 Å². The van der Waals surface area contributed by atoms with E-state index in [9.17, 15) is 13.2 Å². The van der Waals surface area contributed by atoms with Crippen LogP contribution in [-0.2, 0) is 14.6 Å². The summed E-state index contributed by atoms with van der Waals surface area (Å²) in [6.45, 7) is 7.93. The van der Waals surface area contributed by atoms with Crippen molar-refractivity contribution < 1.29 is 13.2 Å². The zero-order valence-corrected chi connectivity index (χ0v) is 16.7. The third-order valence-corrected chi connectivity index (χ3v) is 6.99. The first-order chi connectivity index (χ1) is 11.6. The van der Waals surface area contributed by atoms with E-state index in [-0.39, 0.29) is 22.8 Å². The fourth-order valence-corrected chi connectivity index (χ4v) is 5.26. The van der Waals surface area contributed by atoms with Gasteiger partial charge in [0.15, 0.2) is 9.84 Å². The highest BCUT2D eigenvalue weighted by Crippen LogP contribution is 2.31. The smallest absolute Gasteiger partial charge is 0.220 e. The first kappa shape index (κ1) is 19.7. The van der Waals surface area contributed by atoms with Crippen molar-refractivity contribution in [1.82, 2.24) is 5.32 Å². The maximum absolute atomic E-state index is 13.1. The molecule has 0 bridgehead atoms. The molecule has 1 unspecified atom stereocenters. The number of carbonyl (C=O) groups excluding carboxylic acids is 1. The van der Waals surface area contributed by atoms with E-state index in [0.29, 0.717) is 6.42 Å². The van der Waals surface area contributed by atoms with Crippen molar-refractivity contribution in [2.75, 3.05) is 6.54 Å². The van der Waals surface area contributed by atoms with Crippen molar-refractivity contribution in [3.8, 4) is 0 Å². The Morgan fingerprint density at radius 3 is 2.32 bits per heavy atom. The van der Waals surface area contributed by atoms with Gasteiger partial charge in [-0.15, -0.1) is 11.3 Å². The summed E-state index contributed by atoms with van der Waals surface area (Å²) in [5.74, 6) is -0.131. The molecule has 0 spiro atoms. The molecule has 0 aliphatic rings. The zero-order valence-electron chi connectivity index (χ0n) is 15.1. The minimum atomic E-state index is -3.58. The molecule has 0 fully saturated rings. The second-order valence-corrected chi connectivity index (χ2v) is 10.5. The average molecular weight is 380 g/mol. The van der Waals surface area contributed by atoms with Crippen LogP contribution in [0.25, 0.3) is 0 Å². The fourth-order valence-electron chi connectivity index (χ4n) is 2.48. The van der Waals surface area contributed by atoms with Crippen molar-refractivity contribution in [3.05, 3.63) is 52.2 Å². The summed E-state index contributed by atoms with van der Waals surface area (Å²) in [6, 6.07) is 10.5. The number of carbonyl (C=O) groups is 1. The molecule has 1 atom stereocenters. The van der Waals surface area contributed by atoms with Gasteiger partial charge in [-0.1, -0.05) is 44.5 Å². The molecule has 1 aromatic heterocycles. The van der Waals surface area contributed by atoms with Crippen molar-refractivity contribution in [3.63, 3.8) is 0 Å². The van der Waals surface area contributed by atoms with Crippen LogP contribution in [0.3, 0.4) is 0 Å². The summed E-state index contributed by atoms with van der Waals surface area (Å²) in [7, 11) is -3.58. The van der Waals surface area contributed by atoms with Crippen molar-refractivity contribution >= 4 is 27.1 Å². The summed E-state index contributed by atoms with van der Waals surface area (Å²) in [6.07, 6.45) is 0.356. The first-order valence-electron chi connectivity index (χ1n) is 8.20. The third-order valence-electron chi connectivity index (χ3n) is 3.76. The highest BCUT2D eigenvalue weighted by atomic mass is 32.2. The van der Waals surface area contributed by atoms with Crippen molar-refractivity contribution in [2.45, 2.75) is 44.3 Å². The molecule has 0 aliphatic carbocycles. The molecular formula is C19H25NO3S2. The molecule has 0 aliphatic heterocycles. The standard InChI is InChI=1S/C19H25NO3S2/c1-14-7-9-15(10-8-14)25(22,23)17(16-6-5-11-24-16)13-20-18(21)12-19(2,3)4/h5-11,17H,12-13H2,1-4H3,(H,20,21). The number of hydrogen-bond acceptors (Lipinski definition) is 4. The Hall–Kier alpha value is -1.66. The normalized spacial score (nSPS) is 13.4. The van der Waals surface area contributed by atoms with E-state index < -0.39 is 15.1 Å². The van der Waals surface area contributed by atoms with Gasteiger partial charge >= 0.3 is 0 Å². The van der Waals surface area contributed by atoms with E-state index in [1.807, 2.05) is 39.1 Å². The largest absolute Gasteiger partial charge is 0.354 e. The Bertz CT molecular complexity index is 801. The van der Waals surface area contributed by atoms with Crippen LogP contribution < -0.4 is 5.32 Å². The SMILES string of the molecule is Cc1ccc(S(=O)(=O)C(CNC(=O)CC(C)(C)C)c2cccs2)cc1. The van der Waals surface area contributed by atoms with E-state index >= 15 is 0 Å². The Labute approximate surface area is 154 Å². The molecule has 1 heterocycles. The van der Waals surface area contributed by atoms with Crippen LogP contribution in [-0.4, -0.2) is 20.9 Å². The molecule has 2 rings (SSSR count). The third kappa shape index (κ3) is 5.41. The minimum absolute atomic E-state index is 0.0750. The molecule has 136 valence electrons. The topological polar surface area (TPSA) is 63.2 Å². The van der Waals surface area contributed by atoms with Gasteiger partial charge in [0.2, 0.25) is 5.91 Å². The van der Waals surface area contributed by atoms with Gasteiger partial charge in [-0.3, -0.25) is 4.79 Å². The minimum Gasteiger partial charge on any atom is -0.354 e. The molecular weight excluding hydrogens is 354 g/mol. The second-order valence-electron chi connectivity index (χ2n) is 7.40. The Balaban J connectivity index is 2.25. The van der Waals surface area contributed by atoms with E-state index in [4.69, 9.17) is 0 Å². The lowest BCUT2D eigenvalue weighted by molar-refractivity contribution is -0.122. The number of hydrogen-bond donors (Lipinski definition) is 1. The summed E-state index contributed by atoms with van der Waals surface area (Å²) in [5.41, 5.74) is 0.864. The predicted octanol–water partition coefficient (Wildman–Crippen LogP) is 4.12. The van der Waals surface area contributed by atoms with Crippen LogP contribution in [0.5, 0.6) is 0 Å². The lowest BCUT2D eigenvalue weighted by Gasteiger charge is -2.20. The lowest BCUT2D eigenvalue weighted by Crippen LogP contribution is -2.33. The summed E-state index contributed by atoms with van der Waals surface area (Å²) in [5, 5.41) is 3.88. The number of aryl methyl sites for hydroxylation is 1. The van der Waals surface area contributed by atoms with Gasteiger partial charge in [0.05, 0.1) is 4.90 Å². The van der Waals surface area contributed by atoms with E-state index in [2.05, 4.69) is 5.32 Å². The molecule has 0 saturated heterocycles. The Kier molecular flexibility index (Phi) is 6.06. The van der Waals surface area contributed by atoms with E-state index in [0.717, 1.165) is 10.4 Å². The summed E-state index contributed by atoms with van der Waals surface area (Å²) >= 11 is 1.39. The number of sulfone groups is 1. The van der Waals surface area contributed by atoms with Gasteiger partial charge in [0.25, 0.3) is 0 Å². The van der Waals surface area contributed by atoms with Gasteiger partial charge in [-0.2, -0.15) is 0 Å². The van der Waals surface area contributed by atoms with Crippen LogP contribution in [0.1, 0.15) is 42.9 Å². The molecule has 2 aromatic rings. The summed E-state index contributed by atoms with van der Waals surface area (Å²) in [4.78, 5) is 13.2. The molecule has 0 saturated carbocycles. The van der Waals surface area contributed by atoms with Gasteiger partial charge in [-0.25, -0.2) is 8.42 Å². The maximum Gasteiger partial charge on any atom is 0.220 e. The molecule has 25 heavy (non-hydrogen) atoms. The van der Waals surface area contributed by atoms with Gasteiger partial charge in [-0.05, 0) is 35.9 Å². The van der Waals surface area contributed by atoms with Crippen LogP contribution >= 0.6 is 11.3 Å². The van der Waals surface area contributed by atoms with Crippen LogP contribution in [0.4, 0.5) is 0 Å². The average Bonchev–Trinajstić information content (AvgIpc) is 2.99. The van der Waals surface area contributed by atoms with Crippen LogP contribution in [0.2, 0.25) is 0 Å². The van der Waals surface area contributed by atoms with Crippen LogP contribution in [0.15, 0.2) is 46.7 Å². The van der Waals surface area contributed by atoms with Gasteiger partial charge in [0.1, 0.15) is 5.25 Å². The molecule has 0 radical (unpaired) electrons. The number of nitrogens with one attached hydrogen (secondary N) is 1. The molecule has 1 aromatic carbocycles. The quantitative estimate of drug-likeness (QED) is 0.821. The molecule has 6 heteroatoms. The van der Waals surface area contributed by atoms with Gasteiger partial charge in [0, 0.05) is 17.8 Å². The maximum atomic E-state index is 13.1. The van der Waals surface area contributed by atoms with Crippen molar-refractivity contribution in [2.24, 2.45) is 5.41 Å². The highest BCUT2D eigenvalue weighted by Gasteiger charge is 2.30. The Morgan fingerprint density at radius 2 is 1.80 bits per heavy atom. The number of benzene rings is 1. The first-order valence-corrected chi connectivity index (χ1v) is 10.6. The number of rotatable bonds is 6. The zero-order chi connectivity index (χ0) is 18.7. The highest BCUT2D eigenvalue weighted by molar-refractivity contribution is 7.91. The summed E-state index contributed by atoms with van der Waals surface area (Å²) < 4.78 is 26.2. The number of amides is 1. The van der Waals surface area contributed by atoms with Crippen LogP contribution in [0, 0.1) is 12.3 Å². The fraction of sp³-hybridized carbons (Fsp3) is 0.421. The second kappa shape index (κ2) is 7.70. The Morgan fingerprint density at radius 1 is 1.16 bits per heavy atom. The van der Waals surface area contributed by atoms with Gasteiger partial charge < -0.3 is 5.32 Å². The predicted molar refractivity (Wildman–Crippen MR) is 103 cm³/mol. The molecule has 1 N–H and O–H groups in total. The number of thiophene rings is 1. The van der Waals surface area contributed by atoms with E-state index in [1.165, 1.54) is 11.3 Å². The van der Waals surface area contributed by atoms with Crippen molar-refractivity contribution in [1.29, 1.82) is 0 Å². The monoisotopic (exact) mass is 379 g/mol. The lowest BCUT2D eigenvalue weighted by atomic mass is 9.92. The molecule has 4 nitrogen and oxygen atoms in total.